The summed E-state index contributed by atoms with van der Waals surface area (Å²) < 4.78 is 41.0. The zero-order valence-electron chi connectivity index (χ0n) is 20.1. The third-order valence-electron chi connectivity index (χ3n) is 5.68. The van der Waals surface area contributed by atoms with Crippen molar-refractivity contribution in [2.75, 3.05) is 13.2 Å². The van der Waals surface area contributed by atoms with Crippen LogP contribution in [0.15, 0.2) is 30.3 Å². The van der Waals surface area contributed by atoms with Crippen LogP contribution >= 0.6 is 0 Å². The molecule has 200 valence electrons. The van der Waals surface area contributed by atoms with Gasteiger partial charge in [-0.05, 0) is 30.7 Å². The summed E-state index contributed by atoms with van der Waals surface area (Å²) in [5.74, 6) is -3.80. The van der Waals surface area contributed by atoms with Crippen LogP contribution in [-0.2, 0) is 30.3 Å². The van der Waals surface area contributed by atoms with Crippen molar-refractivity contribution in [3.05, 3.63) is 35.9 Å². The lowest BCUT2D eigenvalue weighted by Crippen LogP contribution is -2.54. The summed E-state index contributed by atoms with van der Waals surface area (Å²) >= 11 is 0. The minimum absolute atomic E-state index is 0.00930. The standard InChI is InChI=1S/C24H32F3N3O6/c1-14(2)10-18(30-23(35)19(31)11-15-6-4-3-5-7-15)22(34)29-17(12-16-8-9-28-21(16)33)20(32)13-36-24(25,26)27/h3-7,14,16-19,31H,8-13H2,1-2H3,(H,28,33)(H,29,34)(H,30,35)/t16-,17-,18-,19+/m0/s1. The summed E-state index contributed by atoms with van der Waals surface area (Å²) in [6.45, 7) is 2.59. The van der Waals surface area contributed by atoms with E-state index >= 15 is 0 Å². The molecule has 9 nitrogen and oxygen atoms in total. The number of carbonyl (C=O) groups excluding carboxylic acids is 4. The average molecular weight is 516 g/mol. The van der Waals surface area contributed by atoms with E-state index < -0.39 is 54.7 Å². The number of hydrogen-bond acceptors (Lipinski definition) is 6. The molecule has 1 heterocycles. The molecule has 1 aromatic rings. The van der Waals surface area contributed by atoms with E-state index in [2.05, 4.69) is 20.7 Å². The molecule has 0 saturated carbocycles. The molecule has 1 aliphatic rings. The number of halogens is 3. The van der Waals surface area contributed by atoms with Crippen LogP contribution in [0.3, 0.4) is 0 Å². The molecular weight excluding hydrogens is 483 g/mol. The van der Waals surface area contributed by atoms with Gasteiger partial charge in [-0.3, -0.25) is 23.9 Å². The largest absolute Gasteiger partial charge is 0.522 e. The van der Waals surface area contributed by atoms with Crippen LogP contribution in [0.4, 0.5) is 13.2 Å². The second-order valence-corrected chi connectivity index (χ2v) is 9.17. The Labute approximate surface area is 207 Å². The number of nitrogens with one attached hydrogen (secondary N) is 3. The Kier molecular flexibility index (Phi) is 10.8. The smallest absolute Gasteiger partial charge is 0.383 e. The first-order chi connectivity index (χ1) is 16.9. The van der Waals surface area contributed by atoms with Gasteiger partial charge in [0.05, 0.1) is 6.04 Å². The van der Waals surface area contributed by atoms with E-state index in [4.69, 9.17) is 0 Å². The quantitative estimate of drug-likeness (QED) is 0.312. The van der Waals surface area contributed by atoms with Crippen molar-refractivity contribution in [3.8, 4) is 0 Å². The fourth-order valence-electron chi connectivity index (χ4n) is 3.85. The third kappa shape index (κ3) is 9.94. The summed E-state index contributed by atoms with van der Waals surface area (Å²) in [5, 5.41) is 17.7. The molecule has 0 radical (unpaired) electrons. The van der Waals surface area contributed by atoms with E-state index in [0.29, 0.717) is 18.5 Å². The Hall–Kier alpha value is -2.99. The van der Waals surface area contributed by atoms with Crippen LogP contribution < -0.4 is 16.0 Å². The number of aliphatic hydroxyl groups is 1. The molecule has 0 aromatic heterocycles. The molecule has 4 atom stereocenters. The molecule has 0 unspecified atom stereocenters. The maximum absolute atomic E-state index is 13.0. The van der Waals surface area contributed by atoms with Crippen LogP contribution in [0.1, 0.15) is 38.7 Å². The Morgan fingerprint density at radius 2 is 1.75 bits per heavy atom. The second kappa shape index (κ2) is 13.4. The van der Waals surface area contributed by atoms with Crippen molar-refractivity contribution in [2.24, 2.45) is 11.8 Å². The van der Waals surface area contributed by atoms with Crippen LogP contribution in [0.25, 0.3) is 0 Å². The van der Waals surface area contributed by atoms with Gasteiger partial charge in [0.2, 0.25) is 17.7 Å². The number of Topliss-reactive ketones (excluding diaryl/α,β-unsaturated/α-hetero) is 1. The van der Waals surface area contributed by atoms with Crippen molar-refractivity contribution >= 4 is 23.5 Å². The van der Waals surface area contributed by atoms with Gasteiger partial charge < -0.3 is 21.1 Å². The summed E-state index contributed by atoms with van der Waals surface area (Å²) in [6, 6.07) is 6.14. The SMILES string of the molecule is CC(C)C[C@H](NC(=O)[C@H](O)Cc1ccccc1)C(=O)N[C@@H](C[C@@H]1CCNC1=O)C(=O)COC(F)(F)F. The van der Waals surface area contributed by atoms with E-state index in [0.717, 1.165) is 0 Å². The molecule has 1 aromatic carbocycles. The minimum atomic E-state index is -5.04. The Morgan fingerprint density at radius 3 is 2.31 bits per heavy atom. The molecule has 0 bridgehead atoms. The molecule has 3 amide bonds. The molecule has 0 spiro atoms. The summed E-state index contributed by atoms with van der Waals surface area (Å²) in [5.41, 5.74) is 0.704. The lowest BCUT2D eigenvalue weighted by atomic mass is 9.95. The number of benzene rings is 1. The molecule has 4 N–H and O–H groups in total. The summed E-state index contributed by atoms with van der Waals surface area (Å²) in [7, 11) is 0. The molecule has 2 rings (SSSR count). The number of amides is 3. The van der Waals surface area contributed by atoms with Gasteiger partial charge in [0.15, 0.2) is 5.78 Å². The minimum Gasteiger partial charge on any atom is -0.383 e. The normalized spacial score (nSPS) is 18.3. The van der Waals surface area contributed by atoms with Crippen molar-refractivity contribution in [2.45, 2.75) is 64.1 Å². The Morgan fingerprint density at radius 1 is 1.11 bits per heavy atom. The van der Waals surface area contributed by atoms with E-state index in [-0.39, 0.29) is 31.1 Å². The summed E-state index contributed by atoms with van der Waals surface area (Å²) in [4.78, 5) is 50.1. The Balaban J connectivity index is 2.11. The van der Waals surface area contributed by atoms with Gasteiger partial charge in [-0.15, -0.1) is 13.2 Å². The highest BCUT2D eigenvalue weighted by Crippen LogP contribution is 2.20. The maximum atomic E-state index is 13.0. The maximum Gasteiger partial charge on any atom is 0.522 e. The number of carbonyl (C=O) groups is 4. The molecule has 12 heteroatoms. The highest BCUT2D eigenvalue weighted by atomic mass is 19.4. The monoisotopic (exact) mass is 515 g/mol. The first-order valence-electron chi connectivity index (χ1n) is 11.7. The van der Waals surface area contributed by atoms with Gasteiger partial charge in [-0.25, -0.2) is 0 Å². The molecule has 0 aliphatic carbocycles. The fourth-order valence-corrected chi connectivity index (χ4v) is 3.85. The van der Waals surface area contributed by atoms with Gasteiger partial charge in [0.1, 0.15) is 18.8 Å². The molecule has 36 heavy (non-hydrogen) atoms. The number of rotatable bonds is 13. The van der Waals surface area contributed by atoms with Gasteiger partial charge in [0, 0.05) is 18.9 Å². The molecular formula is C24H32F3N3O6. The number of ketones is 1. The van der Waals surface area contributed by atoms with Crippen molar-refractivity contribution < 1.29 is 42.2 Å². The molecule has 1 aliphatic heterocycles. The van der Waals surface area contributed by atoms with E-state index in [9.17, 15) is 37.5 Å². The van der Waals surface area contributed by atoms with Crippen molar-refractivity contribution in [1.82, 2.24) is 16.0 Å². The highest BCUT2D eigenvalue weighted by Gasteiger charge is 2.36. The van der Waals surface area contributed by atoms with E-state index in [1.54, 1.807) is 44.2 Å². The average Bonchev–Trinajstić information content (AvgIpc) is 3.20. The van der Waals surface area contributed by atoms with Gasteiger partial charge in [-0.1, -0.05) is 44.2 Å². The third-order valence-corrected chi connectivity index (χ3v) is 5.68. The van der Waals surface area contributed by atoms with Gasteiger partial charge in [0.25, 0.3) is 0 Å². The highest BCUT2D eigenvalue weighted by molar-refractivity contribution is 5.94. The number of ether oxygens (including phenoxy) is 1. The molecule has 1 fully saturated rings. The number of alkyl halides is 3. The van der Waals surface area contributed by atoms with Crippen LogP contribution in [0.5, 0.6) is 0 Å². The zero-order valence-corrected chi connectivity index (χ0v) is 20.1. The zero-order chi connectivity index (χ0) is 26.9. The van der Waals surface area contributed by atoms with Crippen molar-refractivity contribution in [3.63, 3.8) is 0 Å². The van der Waals surface area contributed by atoms with Gasteiger partial charge in [-0.2, -0.15) is 0 Å². The fraction of sp³-hybridized carbons (Fsp3) is 0.583. The first kappa shape index (κ1) is 29.2. The lowest BCUT2D eigenvalue weighted by molar-refractivity contribution is -0.321. The van der Waals surface area contributed by atoms with E-state index in [1.165, 1.54) is 0 Å². The summed E-state index contributed by atoms with van der Waals surface area (Å²) in [6.07, 6.45) is -6.20. The number of aliphatic hydroxyl groups excluding tert-OH is 1. The topological polar surface area (TPSA) is 134 Å². The van der Waals surface area contributed by atoms with Gasteiger partial charge >= 0.3 is 6.36 Å². The van der Waals surface area contributed by atoms with E-state index in [1.807, 2.05) is 0 Å². The lowest BCUT2D eigenvalue weighted by Gasteiger charge is -2.26. The molecule has 1 saturated heterocycles. The second-order valence-electron chi connectivity index (χ2n) is 9.17. The van der Waals surface area contributed by atoms with Crippen LogP contribution in [0.2, 0.25) is 0 Å². The number of hydrogen-bond donors (Lipinski definition) is 4. The predicted octanol–water partition coefficient (Wildman–Crippen LogP) is 1.24. The van der Waals surface area contributed by atoms with Crippen LogP contribution in [0, 0.1) is 11.8 Å². The van der Waals surface area contributed by atoms with Crippen LogP contribution in [-0.4, -0.2) is 66.3 Å². The van der Waals surface area contributed by atoms with Crippen molar-refractivity contribution in [1.29, 1.82) is 0 Å². The predicted molar refractivity (Wildman–Crippen MR) is 122 cm³/mol. The Bertz CT molecular complexity index is 910. The first-order valence-corrected chi connectivity index (χ1v) is 11.7.